The number of carboxylic acids is 1. The van der Waals surface area contributed by atoms with Crippen molar-refractivity contribution in [1.29, 1.82) is 0 Å². The molecule has 0 fully saturated rings. The fourth-order valence-corrected chi connectivity index (χ4v) is 2.74. The largest absolute Gasteiger partial charge is 0.477 e. The van der Waals surface area contributed by atoms with E-state index >= 15 is 0 Å². The molecule has 0 bridgehead atoms. The van der Waals surface area contributed by atoms with E-state index in [-0.39, 0.29) is 10.7 Å². The Labute approximate surface area is 126 Å². The van der Waals surface area contributed by atoms with Gasteiger partial charge in [-0.15, -0.1) is 11.3 Å². The van der Waals surface area contributed by atoms with Crippen molar-refractivity contribution in [2.24, 2.45) is 0 Å². The Morgan fingerprint density at radius 3 is 2.57 bits per heavy atom. The summed E-state index contributed by atoms with van der Waals surface area (Å²) in [5, 5.41) is 9.97. The third-order valence-electron chi connectivity index (χ3n) is 2.65. The van der Waals surface area contributed by atoms with Crippen molar-refractivity contribution in [1.82, 2.24) is 9.88 Å². The molecule has 0 radical (unpaired) electrons. The zero-order valence-electron chi connectivity index (χ0n) is 11.7. The van der Waals surface area contributed by atoms with Gasteiger partial charge in [0.15, 0.2) is 0 Å². The summed E-state index contributed by atoms with van der Waals surface area (Å²) in [5.74, 6) is -1.29. The van der Waals surface area contributed by atoms with Crippen LogP contribution in [0.25, 0.3) is 12.2 Å². The highest BCUT2D eigenvalue weighted by Crippen LogP contribution is 2.22. The van der Waals surface area contributed by atoms with E-state index in [9.17, 15) is 14.3 Å². The van der Waals surface area contributed by atoms with Crippen LogP contribution in [0.1, 0.15) is 25.9 Å². The Morgan fingerprint density at radius 2 is 2.00 bits per heavy atom. The number of halogens is 1. The second kappa shape index (κ2) is 6.60. The van der Waals surface area contributed by atoms with Gasteiger partial charge in [-0.25, -0.2) is 14.2 Å². The second-order valence-electron chi connectivity index (χ2n) is 4.75. The van der Waals surface area contributed by atoms with E-state index in [1.54, 1.807) is 24.3 Å². The molecule has 6 heteroatoms. The lowest BCUT2D eigenvalue weighted by Gasteiger charge is -2.04. The molecule has 1 N–H and O–H groups in total. The van der Waals surface area contributed by atoms with Crippen molar-refractivity contribution in [3.8, 4) is 0 Å². The van der Waals surface area contributed by atoms with Crippen LogP contribution in [0.2, 0.25) is 0 Å². The highest BCUT2D eigenvalue weighted by atomic mass is 32.1. The van der Waals surface area contributed by atoms with E-state index in [1.807, 2.05) is 19.0 Å². The lowest BCUT2D eigenvalue weighted by atomic mass is 10.2. The number of aromatic carboxylic acids is 1. The topological polar surface area (TPSA) is 53.4 Å². The van der Waals surface area contributed by atoms with Gasteiger partial charge in [0.25, 0.3) is 0 Å². The monoisotopic (exact) mass is 306 g/mol. The molecular weight excluding hydrogens is 291 g/mol. The van der Waals surface area contributed by atoms with Crippen molar-refractivity contribution >= 4 is 29.5 Å². The van der Waals surface area contributed by atoms with E-state index in [1.165, 1.54) is 23.5 Å². The van der Waals surface area contributed by atoms with Gasteiger partial charge >= 0.3 is 5.97 Å². The molecule has 4 nitrogen and oxygen atoms in total. The van der Waals surface area contributed by atoms with E-state index in [4.69, 9.17) is 0 Å². The third-order valence-corrected chi connectivity index (χ3v) is 3.69. The minimum absolute atomic E-state index is 0.213. The van der Waals surface area contributed by atoms with Gasteiger partial charge in [0.2, 0.25) is 0 Å². The van der Waals surface area contributed by atoms with Crippen LogP contribution < -0.4 is 0 Å². The van der Waals surface area contributed by atoms with E-state index < -0.39 is 5.97 Å². The number of thiazole rings is 1. The van der Waals surface area contributed by atoms with Gasteiger partial charge < -0.3 is 10.0 Å². The van der Waals surface area contributed by atoms with Crippen molar-refractivity contribution in [2.75, 3.05) is 14.1 Å². The Balaban J connectivity index is 2.27. The first-order valence-corrected chi connectivity index (χ1v) is 7.08. The summed E-state index contributed by atoms with van der Waals surface area (Å²) in [6, 6.07) is 5.96. The van der Waals surface area contributed by atoms with E-state index in [0.29, 0.717) is 12.2 Å². The van der Waals surface area contributed by atoms with Crippen molar-refractivity contribution in [2.45, 2.75) is 6.54 Å². The molecule has 110 valence electrons. The normalized spacial score (nSPS) is 11.4. The Morgan fingerprint density at radius 1 is 1.33 bits per heavy atom. The summed E-state index contributed by atoms with van der Waals surface area (Å²) in [4.78, 5) is 17.7. The first-order valence-electron chi connectivity index (χ1n) is 6.27. The van der Waals surface area contributed by atoms with Gasteiger partial charge in [-0.1, -0.05) is 18.2 Å². The minimum atomic E-state index is -0.990. The van der Waals surface area contributed by atoms with Crippen LogP contribution in [0.15, 0.2) is 24.3 Å². The number of carboxylic acid groups (broad SMARTS) is 1. The molecule has 1 aromatic heterocycles. The molecule has 0 amide bonds. The van der Waals surface area contributed by atoms with Crippen molar-refractivity contribution in [3.63, 3.8) is 0 Å². The first kappa shape index (κ1) is 15.3. The van der Waals surface area contributed by atoms with Gasteiger partial charge in [-0.3, -0.25) is 0 Å². The maximum atomic E-state index is 12.8. The molecular formula is C15H15FN2O2S. The molecule has 0 aliphatic carbocycles. The SMILES string of the molecule is CN(C)Cc1nc(/C=C/c2ccc(F)cc2)c(C(=O)O)s1. The first-order chi connectivity index (χ1) is 9.95. The Hall–Kier alpha value is -2.05. The molecule has 0 unspecified atom stereocenters. The molecule has 0 aliphatic heterocycles. The van der Waals surface area contributed by atoms with Crippen LogP contribution in [0.5, 0.6) is 0 Å². The van der Waals surface area contributed by atoms with Crippen LogP contribution >= 0.6 is 11.3 Å². The highest BCUT2D eigenvalue weighted by molar-refractivity contribution is 7.13. The summed E-state index contributed by atoms with van der Waals surface area (Å²) in [7, 11) is 3.80. The van der Waals surface area contributed by atoms with Gasteiger partial charge in [0, 0.05) is 6.54 Å². The third kappa shape index (κ3) is 4.21. The van der Waals surface area contributed by atoms with E-state index in [2.05, 4.69) is 4.98 Å². The molecule has 21 heavy (non-hydrogen) atoms. The molecule has 0 spiro atoms. The van der Waals surface area contributed by atoms with Gasteiger partial charge in [0.1, 0.15) is 15.7 Å². The zero-order chi connectivity index (χ0) is 15.4. The van der Waals surface area contributed by atoms with Crippen LogP contribution in [0.4, 0.5) is 4.39 Å². The number of aromatic nitrogens is 1. The van der Waals surface area contributed by atoms with Crippen LogP contribution in [-0.4, -0.2) is 35.1 Å². The van der Waals surface area contributed by atoms with Crippen molar-refractivity contribution in [3.05, 3.63) is 51.2 Å². The number of nitrogens with zero attached hydrogens (tertiary/aromatic N) is 2. The van der Waals surface area contributed by atoms with E-state index in [0.717, 1.165) is 10.6 Å². The molecule has 1 aromatic carbocycles. The maximum absolute atomic E-state index is 12.8. The van der Waals surface area contributed by atoms with Gasteiger partial charge in [-0.05, 0) is 37.9 Å². The molecule has 1 heterocycles. The van der Waals surface area contributed by atoms with Crippen LogP contribution in [0, 0.1) is 5.82 Å². The number of carbonyl (C=O) groups is 1. The molecule has 0 aliphatic rings. The molecule has 0 saturated heterocycles. The predicted octanol–water partition coefficient (Wildman–Crippen LogP) is 3.21. The number of rotatable bonds is 5. The summed E-state index contributed by atoms with van der Waals surface area (Å²) in [6.45, 7) is 0.593. The quantitative estimate of drug-likeness (QED) is 0.921. The molecule has 2 rings (SSSR count). The average Bonchev–Trinajstić information content (AvgIpc) is 2.80. The highest BCUT2D eigenvalue weighted by Gasteiger charge is 2.15. The van der Waals surface area contributed by atoms with Crippen LogP contribution in [-0.2, 0) is 6.54 Å². The molecule has 0 atom stereocenters. The second-order valence-corrected chi connectivity index (χ2v) is 5.83. The summed E-state index contributed by atoms with van der Waals surface area (Å²) < 4.78 is 12.8. The summed E-state index contributed by atoms with van der Waals surface area (Å²) in [5.41, 5.74) is 1.21. The smallest absolute Gasteiger partial charge is 0.348 e. The predicted molar refractivity (Wildman–Crippen MR) is 81.8 cm³/mol. The minimum Gasteiger partial charge on any atom is -0.477 e. The fraction of sp³-hybridized carbons (Fsp3) is 0.200. The van der Waals surface area contributed by atoms with Gasteiger partial charge in [0.05, 0.1) is 5.69 Å². The number of hydrogen-bond donors (Lipinski definition) is 1. The lowest BCUT2D eigenvalue weighted by Crippen LogP contribution is -2.10. The summed E-state index contributed by atoms with van der Waals surface area (Å²) in [6.07, 6.45) is 3.37. The zero-order valence-corrected chi connectivity index (χ0v) is 12.5. The summed E-state index contributed by atoms with van der Waals surface area (Å²) >= 11 is 1.17. The average molecular weight is 306 g/mol. The van der Waals surface area contributed by atoms with Gasteiger partial charge in [-0.2, -0.15) is 0 Å². The van der Waals surface area contributed by atoms with Crippen molar-refractivity contribution < 1.29 is 14.3 Å². The van der Waals surface area contributed by atoms with Crippen LogP contribution in [0.3, 0.4) is 0 Å². The fourth-order valence-electron chi connectivity index (χ4n) is 1.73. The molecule has 2 aromatic rings. The Bertz CT molecular complexity index is 663. The standard InChI is InChI=1S/C15H15FN2O2S/c1-18(2)9-13-17-12(14(21-13)15(19)20)8-5-10-3-6-11(16)7-4-10/h3-8H,9H2,1-2H3,(H,19,20)/b8-5+. The maximum Gasteiger partial charge on any atom is 0.348 e. The number of benzene rings is 1. The number of hydrogen-bond acceptors (Lipinski definition) is 4. The lowest BCUT2D eigenvalue weighted by molar-refractivity contribution is 0.0701. The Kier molecular flexibility index (Phi) is 4.82. The molecule has 0 saturated carbocycles.